The van der Waals surface area contributed by atoms with Crippen LogP contribution in [0, 0.1) is 11.6 Å². The molecule has 0 amide bonds. The number of benzene rings is 1. The normalized spacial score (nSPS) is 11.5. The summed E-state index contributed by atoms with van der Waals surface area (Å²) in [5.41, 5.74) is -0.249. The van der Waals surface area contributed by atoms with Gasteiger partial charge in [0.15, 0.2) is 0 Å². The van der Waals surface area contributed by atoms with E-state index in [0.717, 1.165) is 18.4 Å². The molecule has 2 nitrogen and oxygen atoms in total. The SMILES string of the molecule is CC(C)(CNCC=O)c1cc(F)ccc1F. The average Bonchev–Trinajstić information content (AvgIpc) is 2.22. The van der Waals surface area contributed by atoms with E-state index in [1.54, 1.807) is 13.8 Å². The molecule has 0 spiro atoms. The molecule has 1 N–H and O–H groups in total. The molecule has 0 aliphatic heterocycles. The Morgan fingerprint density at radius 3 is 2.69 bits per heavy atom. The first-order valence-corrected chi connectivity index (χ1v) is 5.07. The van der Waals surface area contributed by atoms with Crippen molar-refractivity contribution in [2.75, 3.05) is 13.1 Å². The van der Waals surface area contributed by atoms with Gasteiger partial charge < -0.3 is 10.1 Å². The molecule has 0 radical (unpaired) electrons. The molecule has 4 heteroatoms. The molecule has 0 aliphatic rings. The zero-order chi connectivity index (χ0) is 12.2. The zero-order valence-electron chi connectivity index (χ0n) is 9.39. The standard InChI is InChI=1S/C12H15F2NO/c1-12(2,8-15-5-6-16)10-7-9(13)3-4-11(10)14/h3-4,6-7,15H,5,8H2,1-2H3. The van der Waals surface area contributed by atoms with Crippen molar-refractivity contribution in [1.82, 2.24) is 5.32 Å². The van der Waals surface area contributed by atoms with Crippen LogP contribution in [0.15, 0.2) is 18.2 Å². The maximum absolute atomic E-state index is 13.5. The van der Waals surface area contributed by atoms with E-state index in [4.69, 9.17) is 0 Å². The molecule has 0 saturated heterocycles. The zero-order valence-corrected chi connectivity index (χ0v) is 9.39. The lowest BCUT2D eigenvalue weighted by Gasteiger charge is -2.25. The maximum Gasteiger partial charge on any atom is 0.133 e. The summed E-state index contributed by atoms with van der Waals surface area (Å²) in [4.78, 5) is 10.2. The van der Waals surface area contributed by atoms with Crippen molar-refractivity contribution in [2.45, 2.75) is 19.3 Å². The largest absolute Gasteiger partial charge is 0.309 e. The van der Waals surface area contributed by atoms with Crippen LogP contribution in [0.4, 0.5) is 8.78 Å². The van der Waals surface area contributed by atoms with Crippen LogP contribution in [-0.4, -0.2) is 19.4 Å². The lowest BCUT2D eigenvalue weighted by atomic mass is 9.84. The second kappa shape index (κ2) is 5.16. The van der Waals surface area contributed by atoms with E-state index < -0.39 is 17.0 Å². The average molecular weight is 227 g/mol. The number of hydrogen-bond acceptors (Lipinski definition) is 2. The monoisotopic (exact) mass is 227 g/mol. The Kier molecular flexibility index (Phi) is 4.12. The van der Waals surface area contributed by atoms with Gasteiger partial charge >= 0.3 is 0 Å². The van der Waals surface area contributed by atoms with Crippen molar-refractivity contribution < 1.29 is 13.6 Å². The summed E-state index contributed by atoms with van der Waals surface area (Å²) >= 11 is 0. The van der Waals surface area contributed by atoms with Gasteiger partial charge in [-0.15, -0.1) is 0 Å². The van der Waals surface area contributed by atoms with E-state index in [-0.39, 0.29) is 6.54 Å². The van der Waals surface area contributed by atoms with E-state index in [0.29, 0.717) is 12.1 Å². The Morgan fingerprint density at radius 2 is 2.06 bits per heavy atom. The highest BCUT2D eigenvalue weighted by Gasteiger charge is 2.24. The van der Waals surface area contributed by atoms with Crippen LogP contribution < -0.4 is 5.32 Å². The number of carbonyl (C=O) groups excluding carboxylic acids is 1. The van der Waals surface area contributed by atoms with Gasteiger partial charge in [0.1, 0.15) is 17.9 Å². The molecule has 0 aromatic heterocycles. The molecule has 0 aliphatic carbocycles. The fourth-order valence-corrected chi connectivity index (χ4v) is 1.55. The molecular weight excluding hydrogens is 212 g/mol. The number of halogens is 2. The van der Waals surface area contributed by atoms with Crippen molar-refractivity contribution in [3.63, 3.8) is 0 Å². The lowest BCUT2D eigenvalue weighted by Crippen LogP contribution is -2.34. The fourth-order valence-electron chi connectivity index (χ4n) is 1.55. The van der Waals surface area contributed by atoms with E-state index >= 15 is 0 Å². The third-order valence-corrected chi connectivity index (χ3v) is 2.45. The third kappa shape index (κ3) is 3.10. The predicted octanol–water partition coefficient (Wildman–Crippen LogP) is 2.03. The number of aldehydes is 1. The van der Waals surface area contributed by atoms with Crippen molar-refractivity contribution in [1.29, 1.82) is 0 Å². The molecule has 16 heavy (non-hydrogen) atoms. The molecule has 0 heterocycles. The minimum Gasteiger partial charge on any atom is -0.309 e. The second-order valence-electron chi connectivity index (χ2n) is 4.31. The highest BCUT2D eigenvalue weighted by molar-refractivity contribution is 5.51. The quantitative estimate of drug-likeness (QED) is 0.616. The Balaban J connectivity index is 2.87. The Labute approximate surface area is 93.7 Å². The smallest absolute Gasteiger partial charge is 0.133 e. The Morgan fingerprint density at radius 1 is 1.38 bits per heavy atom. The molecule has 1 aromatic carbocycles. The summed E-state index contributed by atoms with van der Waals surface area (Å²) < 4.78 is 26.5. The van der Waals surface area contributed by atoms with Gasteiger partial charge in [-0.3, -0.25) is 0 Å². The minimum atomic E-state index is -0.560. The Bertz CT molecular complexity index is 377. The number of rotatable bonds is 5. The molecule has 0 fully saturated rings. The number of carbonyl (C=O) groups is 1. The minimum absolute atomic E-state index is 0.209. The fraction of sp³-hybridized carbons (Fsp3) is 0.417. The Hall–Kier alpha value is -1.29. The summed E-state index contributed by atoms with van der Waals surface area (Å²) in [6, 6.07) is 3.40. The van der Waals surface area contributed by atoms with Crippen LogP contribution in [-0.2, 0) is 10.2 Å². The molecule has 0 unspecified atom stereocenters. The van der Waals surface area contributed by atoms with Crippen LogP contribution in [0.1, 0.15) is 19.4 Å². The summed E-state index contributed by atoms with van der Waals surface area (Å²) in [5, 5.41) is 2.86. The van der Waals surface area contributed by atoms with E-state index in [2.05, 4.69) is 5.32 Å². The molecule has 0 atom stereocenters. The molecular formula is C12H15F2NO. The highest BCUT2D eigenvalue weighted by atomic mass is 19.1. The molecule has 0 bridgehead atoms. The van der Waals surface area contributed by atoms with Gasteiger partial charge in [-0.05, 0) is 23.8 Å². The third-order valence-electron chi connectivity index (χ3n) is 2.45. The van der Waals surface area contributed by atoms with Gasteiger partial charge in [-0.25, -0.2) is 8.78 Å². The summed E-state index contributed by atoms with van der Waals surface area (Å²) in [5.74, 6) is -0.890. The maximum atomic E-state index is 13.5. The van der Waals surface area contributed by atoms with Crippen molar-refractivity contribution in [3.05, 3.63) is 35.4 Å². The van der Waals surface area contributed by atoms with Crippen molar-refractivity contribution >= 4 is 6.29 Å². The number of hydrogen-bond donors (Lipinski definition) is 1. The molecule has 88 valence electrons. The predicted molar refractivity (Wildman–Crippen MR) is 58.3 cm³/mol. The van der Waals surface area contributed by atoms with Gasteiger partial charge in [0.05, 0.1) is 6.54 Å². The lowest BCUT2D eigenvalue weighted by molar-refractivity contribution is -0.107. The van der Waals surface area contributed by atoms with Crippen LogP contribution in [0.25, 0.3) is 0 Å². The second-order valence-corrected chi connectivity index (χ2v) is 4.31. The van der Waals surface area contributed by atoms with E-state index in [1.165, 1.54) is 6.07 Å². The summed E-state index contributed by atoms with van der Waals surface area (Å²) in [7, 11) is 0. The van der Waals surface area contributed by atoms with Gasteiger partial charge in [0.25, 0.3) is 0 Å². The van der Waals surface area contributed by atoms with Gasteiger partial charge in [0, 0.05) is 12.0 Å². The summed E-state index contributed by atoms with van der Waals surface area (Å²) in [6.07, 6.45) is 0.734. The molecule has 0 saturated carbocycles. The summed E-state index contributed by atoms with van der Waals surface area (Å²) in [6.45, 7) is 4.21. The van der Waals surface area contributed by atoms with Crippen molar-refractivity contribution in [2.24, 2.45) is 0 Å². The molecule has 1 aromatic rings. The van der Waals surface area contributed by atoms with Gasteiger partial charge in [-0.1, -0.05) is 13.8 Å². The highest BCUT2D eigenvalue weighted by Crippen LogP contribution is 2.25. The number of nitrogens with one attached hydrogen (secondary N) is 1. The first kappa shape index (κ1) is 12.8. The van der Waals surface area contributed by atoms with E-state index in [9.17, 15) is 13.6 Å². The van der Waals surface area contributed by atoms with Gasteiger partial charge in [0.2, 0.25) is 0 Å². The first-order valence-electron chi connectivity index (χ1n) is 5.07. The van der Waals surface area contributed by atoms with Crippen LogP contribution in [0.5, 0.6) is 0 Å². The topological polar surface area (TPSA) is 29.1 Å². The van der Waals surface area contributed by atoms with Crippen LogP contribution in [0.3, 0.4) is 0 Å². The molecule has 1 rings (SSSR count). The van der Waals surface area contributed by atoms with Crippen LogP contribution in [0.2, 0.25) is 0 Å². The van der Waals surface area contributed by atoms with Crippen molar-refractivity contribution in [3.8, 4) is 0 Å². The first-order chi connectivity index (χ1) is 7.47. The van der Waals surface area contributed by atoms with Gasteiger partial charge in [-0.2, -0.15) is 0 Å². The van der Waals surface area contributed by atoms with Crippen LogP contribution >= 0.6 is 0 Å². The van der Waals surface area contributed by atoms with E-state index in [1.807, 2.05) is 0 Å².